The lowest BCUT2D eigenvalue weighted by atomic mass is 10.1. The van der Waals surface area contributed by atoms with E-state index in [1.807, 2.05) is 47.0 Å². The van der Waals surface area contributed by atoms with E-state index in [0.717, 1.165) is 26.7 Å². The minimum atomic E-state index is -0.301. The third-order valence-corrected chi connectivity index (χ3v) is 5.14. The van der Waals surface area contributed by atoms with Crippen LogP contribution in [-0.2, 0) is 0 Å². The van der Waals surface area contributed by atoms with Crippen LogP contribution < -0.4 is 0 Å². The minimum absolute atomic E-state index is 0.288. The summed E-state index contributed by atoms with van der Waals surface area (Å²) >= 11 is 0. The van der Waals surface area contributed by atoms with Crippen molar-refractivity contribution in [1.29, 1.82) is 5.26 Å². The largest absolute Gasteiger partial charge is 0.308 e. The fourth-order valence-corrected chi connectivity index (χ4v) is 3.87. The van der Waals surface area contributed by atoms with E-state index in [-0.39, 0.29) is 11.8 Å². The molecule has 0 fully saturated rings. The number of fused-ring (bicyclic) bond motifs is 4. The molecule has 0 bridgehead atoms. The zero-order valence-corrected chi connectivity index (χ0v) is 14.4. The molecule has 0 atom stereocenters. The van der Waals surface area contributed by atoms with Crippen molar-refractivity contribution in [2.24, 2.45) is 0 Å². The first-order valence-electron chi connectivity index (χ1n) is 8.51. The fraction of sp³-hybridized carbons (Fsp3) is 0.0455. The molecule has 0 radical (unpaired) electrons. The Morgan fingerprint density at radius 1 is 0.852 bits per heavy atom. The number of imide groups is 1. The predicted octanol–water partition coefficient (Wildman–Crippen LogP) is 3.88. The summed E-state index contributed by atoms with van der Waals surface area (Å²) in [6.07, 6.45) is 0. The SMILES string of the molecule is CN1C(=O)c2cccc(-n3c4ccccc4c4cc(C#N)ccc43)c2C1=O. The molecule has 2 amide bonds. The third-order valence-electron chi connectivity index (χ3n) is 5.14. The molecule has 0 aliphatic carbocycles. The van der Waals surface area contributed by atoms with Crippen LogP contribution in [0.4, 0.5) is 0 Å². The second-order valence-corrected chi connectivity index (χ2v) is 6.57. The van der Waals surface area contributed by atoms with Gasteiger partial charge in [-0.25, -0.2) is 0 Å². The van der Waals surface area contributed by atoms with Gasteiger partial charge in [0.25, 0.3) is 11.8 Å². The number of benzene rings is 3. The molecule has 5 nitrogen and oxygen atoms in total. The Morgan fingerprint density at radius 3 is 2.44 bits per heavy atom. The molecule has 5 rings (SSSR count). The van der Waals surface area contributed by atoms with Crippen LogP contribution in [0.15, 0.2) is 60.7 Å². The van der Waals surface area contributed by atoms with Crippen LogP contribution in [0.1, 0.15) is 26.3 Å². The second kappa shape index (κ2) is 5.29. The second-order valence-electron chi connectivity index (χ2n) is 6.57. The van der Waals surface area contributed by atoms with Crippen molar-refractivity contribution in [2.45, 2.75) is 0 Å². The molecule has 5 heteroatoms. The first-order chi connectivity index (χ1) is 13.1. The normalized spacial score (nSPS) is 13.4. The zero-order valence-electron chi connectivity index (χ0n) is 14.4. The number of rotatable bonds is 1. The third kappa shape index (κ3) is 1.92. The lowest BCUT2D eigenvalue weighted by Crippen LogP contribution is -2.24. The van der Waals surface area contributed by atoms with Crippen molar-refractivity contribution >= 4 is 33.6 Å². The summed E-state index contributed by atoms with van der Waals surface area (Å²) in [5, 5.41) is 11.2. The van der Waals surface area contributed by atoms with Crippen LogP contribution in [0.2, 0.25) is 0 Å². The number of hydrogen-bond donors (Lipinski definition) is 0. The maximum Gasteiger partial charge on any atom is 0.263 e. The predicted molar refractivity (Wildman–Crippen MR) is 102 cm³/mol. The van der Waals surface area contributed by atoms with Gasteiger partial charge in [0.15, 0.2) is 0 Å². The van der Waals surface area contributed by atoms with E-state index in [1.54, 1.807) is 18.2 Å². The average molecular weight is 351 g/mol. The molecule has 0 saturated carbocycles. The van der Waals surface area contributed by atoms with Crippen LogP contribution in [-0.4, -0.2) is 28.3 Å². The molecule has 0 saturated heterocycles. The summed E-state index contributed by atoms with van der Waals surface area (Å²) < 4.78 is 2.00. The molecule has 0 N–H and O–H groups in total. The zero-order chi connectivity index (χ0) is 18.7. The van der Waals surface area contributed by atoms with Crippen LogP contribution >= 0.6 is 0 Å². The minimum Gasteiger partial charge on any atom is -0.308 e. The molecule has 128 valence electrons. The lowest BCUT2D eigenvalue weighted by Gasteiger charge is -2.11. The Bertz CT molecular complexity index is 1340. The number of para-hydroxylation sites is 1. The van der Waals surface area contributed by atoms with Gasteiger partial charge < -0.3 is 4.57 Å². The summed E-state index contributed by atoms with van der Waals surface area (Å²) in [5.41, 5.74) is 3.89. The highest BCUT2D eigenvalue weighted by atomic mass is 16.2. The first-order valence-corrected chi connectivity index (χ1v) is 8.51. The van der Waals surface area contributed by atoms with Crippen molar-refractivity contribution in [3.63, 3.8) is 0 Å². The molecule has 0 unspecified atom stereocenters. The quantitative estimate of drug-likeness (QED) is 0.489. The molecule has 1 aromatic heterocycles. The van der Waals surface area contributed by atoms with Gasteiger partial charge in [-0.15, -0.1) is 0 Å². The number of nitriles is 1. The fourth-order valence-electron chi connectivity index (χ4n) is 3.87. The summed E-state index contributed by atoms with van der Waals surface area (Å²) in [6.45, 7) is 0. The molecule has 1 aliphatic rings. The Morgan fingerprint density at radius 2 is 1.63 bits per heavy atom. The number of hydrogen-bond acceptors (Lipinski definition) is 3. The Balaban J connectivity index is 1.95. The van der Waals surface area contributed by atoms with Crippen molar-refractivity contribution in [3.8, 4) is 11.8 Å². The highest BCUT2D eigenvalue weighted by molar-refractivity contribution is 6.23. The van der Waals surface area contributed by atoms with E-state index >= 15 is 0 Å². The first kappa shape index (κ1) is 15.4. The van der Waals surface area contributed by atoms with Gasteiger partial charge in [0.05, 0.1) is 39.5 Å². The van der Waals surface area contributed by atoms with Gasteiger partial charge in [-0.1, -0.05) is 24.3 Å². The van der Waals surface area contributed by atoms with E-state index in [2.05, 4.69) is 6.07 Å². The van der Waals surface area contributed by atoms with Gasteiger partial charge in [-0.3, -0.25) is 14.5 Å². The molecule has 2 heterocycles. The summed E-state index contributed by atoms with van der Waals surface area (Å²) in [7, 11) is 1.50. The molecule has 3 aromatic carbocycles. The smallest absolute Gasteiger partial charge is 0.263 e. The van der Waals surface area contributed by atoms with Crippen LogP contribution in [0.3, 0.4) is 0 Å². The molecule has 4 aromatic rings. The van der Waals surface area contributed by atoms with Crippen molar-refractivity contribution in [3.05, 3.63) is 77.4 Å². The highest BCUT2D eigenvalue weighted by Crippen LogP contribution is 2.36. The van der Waals surface area contributed by atoms with E-state index in [1.165, 1.54) is 7.05 Å². The molecule has 27 heavy (non-hydrogen) atoms. The maximum absolute atomic E-state index is 12.7. The topological polar surface area (TPSA) is 66.1 Å². The van der Waals surface area contributed by atoms with Gasteiger partial charge in [0.2, 0.25) is 0 Å². The Labute approximate surface area is 154 Å². The Hall–Kier alpha value is -3.91. The molecule has 0 spiro atoms. The van der Waals surface area contributed by atoms with Crippen molar-refractivity contribution < 1.29 is 9.59 Å². The van der Waals surface area contributed by atoms with Crippen LogP contribution in [0.5, 0.6) is 0 Å². The standard InChI is InChI=1S/C22H13N3O2/c1-24-21(26)15-6-4-8-19(20(15)22(24)27)25-17-7-3-2-5-14(17)16-11-13(12-23)9-10-18(16)25/h2-11H,1H3. The maximum atomic E-state index is 12.7. The van der Waals surface area contributed by atoms with E-state index in [0.29, 0.717) is 22.4 Å². The number of amides is 2. The highest BCUT2D eigenvalue weighted by Gasteiger charge is 2.35. The van der Waals surface area contributed by atoms with Gasteiger partial charge in [0.1, 0.15) is 0 Å². The number of nitrogens with zero attached hydrogens (tertiary/aromatic N) is 3. The number of aromatic nitrogens is 1. The summed E-state index contributed by atoms with van der Waals surface area (Å²) in [6, 6.07) is 20.9. The van der Waals surface area contributed by atoms with Gasteiger partial charge in [0, 0.05) is 17.8 Å². The summed E-state index contributed by atoms with van der Waals surface area (Å²) in [5.74, 6) is -0.588. The van der Waals surface area contributed by atoms with Crippen LogP contribution in [0.25, 0.3) is 27.5 Å². The van der Waals surface area contributed by atoms with E-state index in [9.17, 15) is 14.9 Å². The Kier molecular flexibility index (Phi) is 3.01. The van der Waals surface area contributed by atoms with Crippen LogP contribution in [0, 0.1) is 11.3 Å². The number of carbonyl (C=O) groups is 2. The van der Waals surface area contributed by atoms with Gasteiger partial charge in [-0.2, -0.15) is 5.26 Å². The van der Waals surface area contributed by atoms with Crippen molar-refractivity contribution in [1.82, 2.24) is 9.47 Å². The molecule has 1 aliphatic heterocycles. The van der Waals surface area contributed by atoms with E-state index < -0.39 is 0 Å². The van der Waals surface area contributed by atoms with Gasteiger partial charge in [-0.05, 0) is 36.4 Å². The van der Waals surface area contributed by atoms with E-state index in [4.69, 9.17) is 0 Å². The van der Waals surface area contributed by atoms with Crippen molar-refractivity contribution in [2.75, 3.05) is 7.05 Å². The molecular weight excluding hydrogens is 338 g/mol. The van der Waals surface area contributed by atoms with Gasteiger partial charge >= 0.3 is 0 Å². The summed E-state index contributed by atoms with van der Waals surface area (Å²) in [4.78, 5) is 26.3. The monoisotopic (exact) mass is 351 g/mol. The lowest BCUT2D eigenvalue weighted by molar-refractivity contribution is 0.0693. The molecular formula is C22H13N3O2. The number of carbonyl (C=O) groups excluding carboxylic acids is 2. The average Bonchev–Trinajstić information content (AvgIpc) is 3.15.